The van der Waals surface area contributed by atoms with Crippen LogP contribution in [0.1, 0.15) is 24.2 Å². The Morgan fingerprint density at radius 2 is 1.89 bits per heavy atom. The third-order valence-corrected chi connectivity index (χ3v) is 4.24. The second-order valence-corrected chi connectivity index (χ2v) is 6.70. The fourth-order valence-corrected chi connectivity index (χ4v) is 2.80. The second-order valence-electron chi connectivity index (χ2n) is 6.70. The van der Waals surface area contributed by atoms with E-state index in [1.807, 2.05) is 49.3 Å². The summed E-state index contributed by atoms with van der Waals surface area (Å²) in [5.74, 6) is 1.62. The highest BCUT2D eigenvalue weighted by molar-refractivity contribution is 5.77. The molecule has 8 heteroatoms. The average molecular weight is 370 g/mol. The molecule has 1 fully saturated rings. The number of carbonyl (C=O) groups excluding carboxylic acids is 1. The van der Waals surface area contributed by atoms with E-state index in [0.717, 1.165) is 31.5 Å². The summed E-state index contributed by atoms with van der Waals surface area (Å²) in [6, 6.07) is 9.76. The topological polar surface area (TPSA) is 83.5 Å². The van der Waals surface area contributed by atoms with Gasteiger partial charge in [0.1, 0.15) is 6.61 Å². The summed E-state index contributed by atoms with van der Waals surface area (Å²) in [7, 11) is 3.78. The molecule has 1 aromatic carbocycles. The standard InChI is InChI=1S/C19H26N6O2/c1-24(2)18-21-16(22-19(23-18)25-10-6-7-11-25)12-20-17(26)14-27-13-15-8-4-3-5-9-15/h3-5,8-9H,6-7,10-14H2,1-2H3,(H,20,26). The molecule has 1 saturated heterocycles. The quantitative estimate of drug-likeness (QED) is 0.751. The van der Waals surface area contributed by atoms with Gasteiger partial charge in [-0.1, -0.05) is 30.3 Å². The van der Waals surface area contributed by atoms with Gasteiger partial charge in [-0.15, -0.1) is 0 Å². The maximum Gasteiger partial charge on any atom is 0.246 e. The Bertz CT molecular complexity index is 747. The summed E-state index contributed by atoms with van der Waals surface area (Å²) in [6.45, 7) is 2.56. The number of benzene rings is 1. The number of rotatable bonds is 8. The number of anilines is 2. The summed E-state index contributed by atoms with van der Waals surface area (Å²) in [6.07, 6.45) is 2.29. The minimum absolute atomic E-state index is 0.000498. The Labute approximate surface area is 159 Å². The SMILES string of the molecule is CN(C)c1nc(CNC(=O)COCc2ccccc2)nc(N2CCCC2)n1. The Hall–Kier alpha value is -2.74. The maximum atomic E-state index is 12.0. The number of nitrogens with zero attached hydrogens (tertiary/aromatic N) is 5. The predicted octanol–water partition coefficient (Wildman–Crippen LogP) is 1.37. The minimum Gasteiger partial charge on any atom is -0.367 e. The van der Waals surface area contributed by atoms with Crippen molar-refractivity contribution < 1.29 is 9.53 Å². The van der Waals surface area contributed by atoms with Crippen LogP contribution in [0.15, 0.2) is 30.3 Å². The van der Waals surface area contributed by atoms with Crippen molar-refractivity contribution in [3.05, 3.63) is 41.7 Å². The number of ether oxygens (including phenoxy) is 1. The molecule has 0 atom stereocenters. The molecule has 2 heterocycles. The minimum atomic E-state index is -0.194. The van der Waals surface area contributed by atoms with Crippen molar-refractivity contribution >= 4 is 17.8 Å². The molecule has 1 aliphatic heterocycles. The van der Waals surface area contributed by atoms with E-state index < -0.39 is 0 Å². The number of hydrogen-bond donors (Lipinski definition) is 1. The first-order valence-electron chi connectivity index (χ1n) is 9.17. The van der Waals surface area contributed by atoms with Crippen molar-refractivity contribution in [3.8, 4) is 0 Å². The van der Waals surface area contributed by atoms with Gasteiger partial charge < -0.3 is 19.9 Å². The van der Waals surface area contributed by atoms with Crippen LogP contribution in [0.5, 0.6) is 0 Å². The zero-order valence-corrected chi connectivity index (χ0v) is 15.9. The molecule has 1 N–H and O–H groups in total. The zero-order valence-electron chi connectivity index (χ0n) is 15.9. The first kappa shape index (κ1) is 19.0. The molecule has 0 radical (unpaired) electrons. The molecule has 3 rings (SSSR count). The van der Waals surface area contributed by atoms with Gasteiger partial charge in [0, 0.05) is 27.2 Å². The van der Waals surface area contributed by atoms with E-state index in [1.54, 1.807) is 0 Å². The summed E-state index contributed by atoms with van der Waals surface area (Å²) >= 11 is 0. The number of carbonyl (C=O) groups is 1. The molecular weight excluding hydrogens is 344 g/mol. The molecule has 27 heavy (non-hydrogen) atoms. The van der Waals surface area contributed by atoms with E-state index in [4.69, 9.17) is 4.74 Å². The highest BCUT2D eigenvalue weighted by Gasteiger charge is 2.18. The molecule has 0 saturated carbocycles. The van der Waals surface area contributed by atoms with Gasteiger partial charge in [-0.3, -0.25) is 4.79 Å². The van der Waals surface area contributed by atoms with Crippen molar-refractivity contribution in [1.82, 2.24) is 20.3 Å². The number of amides is 1. The Kier molecular flexibility index (Phi) is 6.54. The van der Waals surface area contributed by atoms with Crippen molar-refractivity contribution in [2.75, 3.05) is 43.6 Å². The Morgan fingerprint density at radius 3 is 2.59 bits per heavy atom. The largest absolute Gasteiger partial charge is 0.367 e. The number of aromatic nitrogens is 3. The smallest absolute Gasteiger partial charge is 0.246 e. The lowest BCUT2D eigenvalue weighted by Crippen LogP contribution is -2.29. The summed E-state index contributed by atoms with van der Waals surface area (Å²) < 4.78 is 5.46. The lowest BCUT2D eigenvalue weighted by atomic mass is 10.2. The third-order valence-electron chi connectivity index (χ3n) is 4.24. The normalized spacial score (nSPS) is 13.6. The second kappa shape index (κ2) is 9.27. The van der Waals surface area contributed by atoms with Gasteiger partial charge in [-0.05, 0) is 18.4 Å². The molecule has 2 aromatic rings. The zero-order chi connectivity index (χ0) is 19.1. The van der Waals surface area contributed by atoms with Crippen LogP contribution < -0.4 is 15.1 Å². The fraction of sp³-hybridized carbons (Fsp3) is 0.474. The van der Waals surface area contributed by atoms with E-state index in [9.17, 15) is 4.79 Å². The van der Waals surface area contributed by atoms with Crippen molar-refractivity contribution in [2.45, 2.75) is 26.0 Å². The summed E-state index contributed by atoms with van der Waals surface area (Å²) in [5.41, 5.74) is 1.04. The van der Waals surface area contributed by atoms with Crippen LogP contribution in [-0.2, 0) is 22.7 Å². The van der Waals surface area contributed by atoms with E-state index in [-0.39, 0.29) is 19.1 Å². The molecule has 1 aliphatic rings. The van der Waals surface area contributed by atoms with Crippen LogP contribution in [0.3, 0.4) is 0 Å². The van der Waals surface area contributed by atoms with Gasteiger partial charge >= 0.3 is 0 Å². The lowest BCUT2D eigenvalue weighted by Gasteiger charge is -2.18. The van der Waals surface area contributed by atoms with Crippen LogP contribution in [0.25, 0.3) is 0 Å². The molecule has 1 aromatic heterocycles. The van der Waals surface area contributed by atoms with E-state index in [1.165, 1.54) is 0 Å². The highest BCUT2D eigenvalue weighted by atomic mass is 16.5. The van der Waals surface area contributed by atoms with Gasteiger partial charge in [-0.25, -0.2) is 0 Å². The van der Waals surface area contributed by atoms with Gasteiger partial charge in [0.2, 0.25) is 17.8 Å². The van der Waals surface area contributed by atoms with Gasteiger partial charge in [-0.2, -0.15) is 15.0 Å². The first-order chi connectivity index (χ1) is 13.1. The lowest BCUT2D eigenvalue weighted by molar-refractivity contribution is -0.126. The van der Waals surface area contributed by atoms with Crippen LogP contribution in [-0.4, -0.2) is 54.7 Å². The summed E-state index contributed by atoms with van der Waals surface area (Å²) in [5, 5.41) is 2.82. The van der Waals surface area contributed by atoms with Crippen LogP contribution in [0, 0.1) is 0 Å². The van der Waals surface area contributed by atoms with E-state index in [0.29, 0.717) is 24.3 Å². The Balaban J connectivity index is 1.53. The Morgan fingerprint density at radius 1 is 1.15 bits per heavy atom. The van der Waals surface area contributed by atoms with E-state index >= 15 is 0 Å². The maximum absolute atomic E-state index is 12.0. The predicted molar refractivity (Wildman–Crippen MR) is 104 cm³/mol. The average Bonchev–Trinajstić information content (AvgIpc) is 3.22. The van der Waals surface area contributed by atoms with E-state index in [2.05, 4.69) is 25.2 Å². The molecular formula is C19H26N6O2. The molecule has 0 bridgehead atoms. The summed E-state index contributed by atoms with van der Waals surface area (Å²) in [4.78, 5) is 29.5. The van der Waals surface area contributed by atoms with Crippen LogP contribution in [0.2, 0.25) is 0 Å². The van der Waals surface area contributed by atoms with Gasteiger partial charge in [0.25, 0.3) is 0 Å². The monoisotopic (exact) mass is 370 g/mol. The van der Waals surface area contributed by atoms with Crippen LogP contribution in [0.4, 0.5) is 11.9 Å². The fourth-order valence-electron chi connectivity index (χ4n) is 2.80. The molecule has 8 nitrogen and oxygen atoms in total. The van der Waals surface area contributed by atoms with Crippen molar-refractivity contribution in [3.63, 3.8) is 0 Å². The van der Waals surface area contributed by atoms with Gasteiger partial charge in [0.15, 0.2) is 5.82 Å². The molecule has 1 amide bonds. The number of nitrogens with one attached hydrogen (secondary N) is 1. The third kappa shape index (κ3) is 5.62. The molecule has 0 unspecified atom stereocenters. The van der Waals surface area contributed by atoms with Gasteiger partial charge in [0.05, 0.1) is 13.2 Å². The molecule has 0 aliphatic carbocycles. The van der Waals surface area contributed by atoms with Crippen molar-refractivity contribution in [2.24, 2.45) is 0 Å². The van der Waals surface area contributed by atoms with Crippen LogP contribution >= 0.6 is 0 Å². The number of hydrogen-bond acceptors (Lipinski definition) is 7. The van der Waals surface area contributed by atoms with Crippen molar-refractivity contribution in [1.29, 1.82) is 0 Å². The molecule has 144 valence electrons. The highest BCUT2D eigenvalue weighted by Crippen LogP contribution is 2.17. The first-order valence-corrected chi connectivity index (χ1v) is 9.17. The molecule has 0 spiro atoms.